The van der Waals surface area contributed by atoms with Gasteiger partial charge in [0.1, 0.15) is 12.1 Å². The van der Waals surface area contributed by atoms with Crippen molar-refractivity contribution < 1.29 is 23.9 Å². The molecule has 1 heterocycles. The van der Waals surface area contributed by atoms with Gasteiger partial charge in [0.05, 0.1) is 0 Å². The number of hydrogen-bond donors (Lipinski definition) is 1. The number of ether oxygens (including phenoxy) is 1. The van der Waals surface area contributed by atoms with Crippen molar-refractivity contribution in [3.05, 3.63) is 29.3 Å². The Bertz CT molecular complexity index is 876. The first-order valence-corrected chi connectivity index (χ1v) is 10.3. The normalized spacial score (nSPS) is 19.2. The highest BCUT2D eigenvalue weighted by Gasteiger charge is 2.56. The first-order valence-electron chi connectivity index (χ1n) is 10.3. The molecule has 1 saturated heterocycles. The number of carbonyl (C=O) groups is 4. The molecule has 1 aromatic rings. The second kappa shape index (κ2) is 8.45. The van der Waals surface area contributed by atoms with Crippen LogP contribution < -0.4 is 5.32 Å². The number of esters is 1. The van der Waals surface area contributed by atoms with Crippen molar-refractivity contribution >= 4 is 29.5 Å². The second-order valence-electron chi connectivity index (χ2n) is 8.26. The highest BCUT2D eigenvalue weighted by molar-refractivity contribution is 6.08. The molecule has 0 bridgehead atoms. The Morgan fingerprint density at radius 2 is 1.83 bits per heavy atom. The monoisotopic (exact) mass is 415 g/mol. The molecule has 0 unspecified atom stereocenters. The maximum atomic E-state index is 12.9. The van der Waals surface area contributed by atoms with Crippen LogP contribution in [-0.2, 0) is 19.1 Å². The van der Waals surface area contributed by atoms with Gasteiger partial charge < -0.3 is 15.0 Å². The van der Waals surface area contributed by atoms with Gasteiger partial charge in [-0.05, 0) is 45.2 Å². The predicted octanol–water partition coefficient (Wildman–Crippen LogP) is 2.77. The lowest BCUT2D eigenvalue weighted by molar-refractivity contribution is -0.155. The maximum absolute atomic E-state index is 12.9. The molecule has 8 heteroatoms. The van der Waals surface area contributed by atoms with Gasteiger partial charge in [0.2, 0.25) is 0 Å². The molecule has 0 aromatic heterocycles. The third kappa shape index (κ3) is 4.04. The Kier molecular flexibility index (Phi) is 6.14. The predicted molar refractivity (Wildman–Crippen MR) is 111 cm³/mol. The minimum atomic E-state index is -1.06. The van der Waals surface area contributed by atoms with Crippen molar-refractivity contribution in [2.45, 2.75) is 64.5 Å². The van der Waals surface area contributed by atoms with Crippen molar-refractivity contribution in [3.8, 4) is 0 Å². The zero-order valence-electron chi connectivity index (χ0n) is 18.0. The fourth-order valence-electron chi connectivity index (χ4n) is 4.28. The third-order valence-corrected chi connectivity index (χ3v) is 6.09. The summed E-state index contributed by atoms with van der Waals surface area (Å²) >= 11 is 0. The van der Waals surface area contributed by atoms with Crippen LogP contribution in [0, 0.1) is 13.8 Å². The number of nitrogens with one attached hydrogen (secondary N) is 1. The Labute approximate surface area is 176 Å². The lowest BCUT2D eigenvalue weighted by Crippen LogP contribution is -2.49. The van der Waals surface area contributed by atoms with Gasteiger partial charge in [0.25, 0.3) is 11.8 Å². The summed E-state index contributed by atoms with van der Waals surface area (Å²) in [5.74, 6) is -1.62. The summed E-state index contributed by atoms with van der Waals surface area (Å²) in [6.07, 6.45) is 2.93. The van der Waals surface area contributed by atoms with E-state index < -0.39 is 36.1 Å². The molecule has 3 rings (SSSR count). The molecule has 1 atom stereocenters. The van der Waals surface area contributed by atoms with E-state index in [1.807, 2.05) is 26.0 Å². The number of carbonyl (C=O) groups excluding carboxylic acids is 4. The number of amides is 4. The van der Waals surface area contributed by atoms with E-state index in [2.05, 4.69) is 5.32 Å². The van der Waals surface area contributed by atoms with Gasteiger partial charge in [-0.3, -0.25) is 19.3 Å². The van der Waals surface area contributed by atoms with Crippen LogP contribution in [-0.4, -0.2) is 58.8 Å². The average molecular weight is 415 g/mol. The summed E-state index contributed by atoms with van der Waals surface area (Å²) in [7, 11) is 1.61. The molecular formula is C22H29N3O5. The van der Waals surface area contributed by atoms with Crippen LogP contribution in [0.4, 0.5) is 10.5 Å². The van der Waals surface area contributed by atoms with E-state index in [1.165, 1.54) is 11.8 Å². The average Bonchev–Trinajstić information content (AvgIpc) is 2.87. The van der Waals surface area contributed by atoms with Crippen molar-refractivity contribution in [1.82, 2.24) is 9.80 Å². The summed E-state index contributed by atoms with van der Waals surface area (Å²) in [6, 6.07) is 5.11. The van der Waals surface area contributed by atoms with Gasteiger partial charge in [-0.15, -0.1) is 0 Å². The topological polar surface area (TPSA) is 96.0 Å². The quantitative estimate of drug-likeness (QED) is 0.589. The van der Waals surface area contributed by atoms with Gasteiger partial charge in [-0.1, -0.05) is 37.0 Å². The SMILES string of the molecule is Cc1ccc(NC(=O)[C@@H](C)OC(=O)CN2C(=O)N(C)C3(CCCCC3)C2=O)c(C)c1. The van der Waals surface area contributed by atoms with Crippen molar-refractivity contribution in [2.24, 2.45) is 0 Å². The lowest BCUT2D eigenvalue weighted by Gasteiger charge is -2.35. The first-order chi connectivity index (χ1) is 14.2. The van der Waals surface area contributed by atoms with Gasteiger partial charge in [-0.25, -0.2) is 4.79 Å². The van der Waals surface area contributed by atoms with Crippen LogP contribution in [0.2, 0.25) is 0 Å². The van der Waals surface area contributed by atoms with Crippen LogP contribution >= 0.6 is 0 Å². The molecular weight excluding hydrogens is 386 g/mol. The standard InChI is InChI=1S/C22H29N3O5/c1-14-8-9-17(15(2)12-14)23-19(27)16(3)30-18(26)13-25-20(28)22(24(4)21(25)29)10-6-5-7-11-22/h8-9,12,16H,5-7,10-11,13H2,1-4H3,(H,23,27)/t16-/m1/s1. The van der Waals surface area contributed by atoms with E-state index in [1.54, 1.807) is 13.1 Å². The molecule has 1 aliphatic carbocycles. The molecule has 2 fully saturated rings. The molecule has 4 amide bonds. The van der Waals surface area contributed by atoms with Crippen LogP contribution in [0.25, 0.3) is 0 Å². The van der Waals surface area contributed by atoms with Gasteiger partial charge in [0, 0.05) is 12.7 Å². The summed E-state index contributed by atoms with van der Waals surface area (Å²) in [4.78, 5) is 52.7. The number of rotatable bonds is 5. The van der Waals surface area contributed by atoms with E-state index >= 15 is 0 Å². The molecule has 1 aliphatic heterocycles. The molecule has 1 aromatic carbocycles. The Morgan fingerprint density at radius 1 is 1.17 bits per heavy atom. The van der Waals surface area contributed by atoms with E-state index in [0.29, 0.717) is 18.5 Å². The Morgan fingerprint density at radius 3 is 2.47 bits per heavy atom. The molecule has 8 nitrogen and oxygen atoms in total. The van der Waals surface area contributed by atoms with Crippen LogP contribution in [0.15, 0.2) is 18.2 Å². The fraction of sp³-hybridized carbons (Fsp3) is 0.545. The van der Waals surface area contributed by atoms with Gasteiger partial charge in [-0.2, -0.15) is 0 Å². The van der Waals surface area contributed by atoms with Crippen LogP contribution in [0.3, 0.4) is 0 Å². The van der Waals surface area contributed by atoms with Gasteiger partial charge in [0.15, 0.2) is 6.10 Å². The third-order valence-electron chi connectivity index (χ3n) is 6.09. The van der Waals surface area contributed by atoms with Gasteiger partial charge >= 0.3 is 12.0 Å². The number of nitrogens with zero attached hydrogens (tertiary/aromatic N) is 2. The lowest BCUT2D eigenvalue weighted by atomic mass is 9.81. The molecule has 1 spiro atoms. The largest absolute Gasteiger partial charge is 0.451 e. The molecule has 30 heavy (non-hydrogen) atoms. The molecule has 1 saturated carbocycles. The fourth-order valence-corrected chi connectivity index (χ4v) is 4.28. The number of likely N-dealkylation sites (N-methyl/N-ethyl adjacent to an activating group) is 1. The highest BCUT2D eigenvalue weighted by atomic mass is 16.5. The van der Waals surface area contributed by atoms with Crippen molar-refractivity contribution in [2.75, 3.05) is 18.9 Å². The highest BCUT2D eigenvalue weighted by Crippen LogP contribution is 2.39. The summed E-state index contributed by atoms with van der Waals surface area (Å²) in [5, 5.41) is 2.74. The number of aryl methyl sites for hydroxylation is 2. The van der Waals surface area contributed by atoms with Crippen LogP contribution in [0.5, 0.6) is 0 Å². The molecule has 1 N–H and O–H groups in total. The smallest absolute Gasteiger partial charge is 0.327 e. The summed E-state index contributed by atoms with van der Waals surface area (Å²) < 4.78 is 5.20. The molecule has 162 valence electrons. The Hall–Kier alpha value is -2.90. The number of benzene rings is 1. The second-order valence-corrected chi connectivity index (χ2v) is 8.26. The van der Waals surface area contributed by atoms with E-state index in [0.717, 1.165) is 35.3 Å². The summed E-state index contributed by atoms with van der Waals surface area (Å²) in [5.41, 5.74) is 1.77. The van der Waals surface area contributed by atoms with Crippen LogP contribution in [0.1, 0.15) is 50.2 Å². The zero-order chi connectivity index (χ0) is 22.1. The maximum Gasteiger partial charge on any atom is 0.327 e. The van der Waals surface area contributed by atoms with E-state index in [4.69, 9.17) is 4.74 Å². The number of imide groups is 1. The number of hydrogen-bond acceptors (Lipinski definition) is 5. The minimum Gasteiger partial charge on any atom is -0.451 e. The van der Waals surface area contributed by atoms with E-state index in [9.17, 15) is 19.2 Å². The number of urea groups is 1. The number of anilines is 1. The van der Waals surface area contributed by atoms with Crippen molar-refractivity contribution in [1.29, 1.82) is 0 Å². The molecule has 2 aliphatic rings. The Balaban J connectivity index is 1.60. The van der Waals surface area contributed by atoms with Crippen molar-refractivity contribution in [3.63, 3.8) is 0 Å². The zero-order valence-corrected chi connectivity index (χ0v) is 18.0. The minimum absolute atomic E-state index is 0.348. The van der Waals surface area contributed by atoms with E-state index in [-0.39, 0.29) is 5.91 Å². The summed E-state index contributed by atoms with van der Waals surface area (Å²) in [6.45, 7) is 4.80. The molecule has 0 radical (unpaired) electrons. The first kappa shape index (κ1) is 21.8.